The van der Waals surface area contributed by atoms with Crippen molar-refractivity contribution in [2.75, 3.05) is 19.8 Å². The lowest BCUT2D eigenvalue weighted by atomic mass is 9.55. The molecule has 1 aromatic heterocycles. The first-order valence-electron chi connectivity index (χ1n) is 23.8. The molecule has 1 aliphatic heterocycles. The first-order valence-corrected chi connectivity index (χ1v) is 23.8. The van der Waals surface area contributed by atoms with Gasteiger partial charge in [0.25, 0.3) is 0 Å². The molecular weight excluding hydrogens is 810 g/mol. The van der Waals surface area contributed by atoms with Crippen LogP contribution in [0.1, 0.15) is 133 Å². The van der Waals surface area contributed by atoms with Gasteiger partial charge in [0.1, 0.15) is 35.6 Å². The summed E-state index contributed by atoms with van der Waals surface area (Å²) in [6, 6.07) is 17.6. The fraction of sp³-hybridized carbons (Fsp3) is 0.566. The molecule has 3 aliphatic carbocycles. The smallest absolute Gasteiger partial charge is 0.239 e. The lowest BCUT2D eigenvalue weighted by molar-refractivity contribution is -0.258. The number of benzene rings is 2. The molecule has 2 fully saturated rings. The second-order valence-corrected chi connectivity index (χ2v) is 19.4. The number of aromatic nitrogens is 1. The maximum Gasteiger partial charge on any atom is 0.239 e. The molecule has 64 heavy (non-hydrogen) atoms. The highest BCUT2D eigenvalue weighted by molar-refractivity contribution is 6.03. The zero-order valence-corrected chi connectivity index (χ0v) is 38.5. The molecule has 2 heterocycles. The minimum absolute atomic E-state index is 0.0111. The molecule has 0 radical (unpaired) electrons. The first-order chi connectivity index (χ1) is 30.9. The van der Waals surface area contributed by atoms with Crippen molar-refractivity contribution in [2.45, 2.75) is 148 Å². The second-order valence-electron chi connectivity index (χ2n) is 19.4. The number of carbonyl (C=O) groups is 1. The SMILES string of the molecule is C=CCO[C@@]12Oc3ccc(OCc4cccc(C)n4)cc3[C@H]3[C@H](CCCCO)[C@@H](CCCCO)C=C(C(=NOC(C)(C)C)C[C@@H]1N(Cc1ccc(F)cc1)C(=O)CCC1CCCC1)[C@H]32. The summed E-state index contributed by atoms with van der Waals surface area (Å²) in [5.41, 5.74) is 4.64. The molecule has 2 saturated carbocycles. The molecule has 0 unspecified atom stereocenters. The van der Waals surface area contributed by atoms with E-state index in [2.05, 4.69) is 23.7 Å². The average Bonchev–Trinajstić information content (AvgIpc) is 3.81. The van der Waals surface area contributed by atoms with E-state index in [1.165, 1.54) is 25.0 Å². The van der Waals surface area contributed by atoms with Crippen molar-refractivity contribution in [3.63, 3.8) is 0 Å². The van der Waals surface area contributed by atoms with Gasteiger partial charge in [-0.25, -0.2) is 4.39 Å². The van der Waals surface area contributed by atoms with Crippen molar-refractivity contribution in [2.24, 2.45) is 28.8 Å². The number of hydrogen-bond donors (Lipinski definition) is 2. The molecule has 3 aromatic rings. The summed E-state index contributed by atoms with van der Waals surface area (Å²) in [4.78, 5) is 28.1. The van der Waals surface area contributed by atoms with E-state index >= 15 is 4.79 Å². The lowest BCUT2D eigenvalue weighted by Crippen LogP contribution is -2.70. The summed E-state index contributed by atoms with van der Waals surface area (Å²) in [6.07, 6.45) is 14.8. The zero-order chi connectivity index (χ0) is 45.3. The Bertz CT molecular complexity index is 2090. The van der Waals surface area contributed by atoms with Crippen LogP contribution in [0.4, 0.5) is 4.39 Å². The van der Waals surface area contributed by atoms with E-state index in [9.17, 15) is 14.6 Å². The Morgan fingerprint density at radius 1 is 1.02 bits per heavy atom. The summed E-state index contributed by atoms with van der Waals surface area (Å²) in [5.74, 6) is -0.413. The lowest BCUT2D eigenvalue weighted by Gasteiger charge is -2.60. The van der Waals surface area contributed by atoms with Gasteiger partial charge in [-0.15, -0.1) is 6.58 Å². The molecule has 4 aliphatic rings. The molecule has 6 atom stereocenters. The number of aliphatic hydroxyl groups is 2. The van der Waals surface area contributed by atoms with Gasteiger partial charge in [0.15, 0.2) is 0 Å². The minimum atomic E-state index is -1.40. The highest BCUT2D eigenvalue weighted by Gasteiger charge is 2.65. The number of amides is 1. The van der Waals surface area contributed by atoms with Crippen LogP contribution in [-0.4, -0.2) is 69.0 Å². The van der Waals surface area contributed by atoms with Crippen molar-refractivity contribution in [1.29, 1.82) is 0 Å². The van der Waals surface area contributed by atoms with Gasteiger partial charge in [-0.05, 0) is 131 Å². The maximum atomic E-state index is 15.1. The maximum absolute atomic E-state index is 15.1. The van der Waals surface area contributed by atoms with E-state index in [0.717, 1.165) is 78.7 Å². The van der Waals surface area contributed by atoms with Crippen LogP contribution in [0.2, 0.25) is 0 Å². The van der Waals surface area contributed by atoms with Gasteiger partial charge in [0.2, 0.25) is 11.7 Å². The van der Waals surface area contributed by atoms with Crippen molar-refractivity contribution >= 4 is 11.6 Å². The summed E-state index contributed by atoms with van der Waals surface area (Å²) < 4.78 is 35.6. The van der Waals surface area contributed by atoms with Crippen molar-refractivity contribution < 1.29 is 38.4 Å². The van der Waals surface area contributed by atoms with E-state index in [1.54, 1.807) is 18.2 Å². The molecule has 0 spiro atoms. The van der Waals surface area contributed by atoms with Crippen molar-refractivity contribution in [3.05, 3.63) is 113 Å². The third-order valence-corrected chi connectivity index (χ3v) is 13.6. The number of carbonyl (C=O) groups excluding carboxylic acids is 1. The molecule has 10 nitrogen and oxygen atoms in total. The van der Waals surface area contributed by atoms with Crippen LogP contribution in [0.5, 0.6) is 11.5 Å². The second kappa shape index (κ2) is 21.6. The Kier molecular flexibility index (Phi) is 16.0. The Morgan fingerprint density at radius 3 is 2.47 bits per heavy atom. The van der Waals surface area contributed by atoms with Crippen molar-refractivity contribution in [3.8, 4) is 11.5 Å². The fourth-order valence-electron chi connectivity index (χ4n) is 10.7. The zero-order valence-electron chi connectivity index (χ0n) is 38.5. The van der Waals surface area contributed by atoms with Crippen molar-refractivity contribution in [1.82, 2.24) is 9.88 Å². The Labute approximate surface area is 379 Å². The fourth-order valence-corrected chi connectivity index (χ4v) is 10.7. The van der Waals surface area contributed by atoms with E-state index < -0.39 is 23.3 Å². The predicted octanol–water partition coefficient (Wildman–Crippen LogP) is 10.5. The third-order valence-electron chi connectivity index (χ3n) is 13.6. The number of allylic oxidation sites excluding steroid dienone is 1. The minimum Gasteiger partial charge on any atom is -0.487 e. The van der Waals surface area contributed by atoms with Gasteiger partial charge in [-0.1, -0.05) is 74.0 Å². The Balaban J connectivity index is 1.43. The molecule has 0 bridgehead atoms. The largest absolute Gasteiger partial charge is 0.487 e. The third kappa shape index (κ3) is 11.3. The Hall–Kier alpha value is -4.58. The number of halogens is 1. The number of rotatable bonds is 21. The van der Waals surface area contributed by atoms with Crippen LogP contribution in [0.25, 0.3) is 0 Å². The van der Waals surface area contributed by atoms with Crippen LogP contribution < -0.4 is 9.47 Å². The summed E-state index contributed by atoms with van der Waals surface area (Å²) >= 11 is 0. The number of nitrogens with zero attached hydrogens (tertiary/aromatic N) is 3. The van der Waals surface area contributed by atoms with Crippen LogP contribution in [0.15, 0.2) is 90.1 Å². The molecule has 7 rings (SSSR count). The van der Waals surface area contributed by atoms with Gasteiger partial charge < -0.3 is 34.2 Å². The number of fused-ring (bicyclic) bond motifs is 2. The number of ether oxygens (including phenoxy) is 3. The van der Waals surface area contributed by atoms with Crippen LogP contribution >= 0.6 is 0 Å². The molecule has 1 amide bonds. The molecule has 2 N–H and O–H groups in total. The van der Waals surface area contributed by atoms with Crippen LogP contribution in [0.3, 0.4) is 0 Å². The molecule has 2 aromatic carbocycles. The molecular formula is C53H70FN3O7. The highest BCUT2D eigenvalue weighted by atomic mass is 19.1. The number of pyridine rings is 1. The van der Waals surface area contributed by atoms with Gasteiger partial charge in [0, 0.05) is 49.8 Å². The topological polar surface area (TPSA) is 123 Å². The first kappa shape index (κ1) is 47.4. The summed E-state index contributed by atoms with van der Waals surface area (Å²) in [7, 11) is 0. The van der Waals surface area contributed by atoms with Gasteiger partial charge in [-0.2, -0.15) is 0 Å². The van der Waals surface area contributed by atoms with Gasteiger partial charge >= 0.3 is 0 Å². The number of aryl methyl sites for hydroxylation is 1. The molecule has 346 valence electrons. The average molecular weight is 880 g/mol. The number of hydrogen-bond acceptors (Lipinski definition) is 9. The molecule has 0 saturated heterocycles. The monoisotopic (exact) mass is 880 g/mol. The molecule has 11 heteroatoms. The summed E-state index contributed by atoms with van der Waals surface area (Å²) in [5, 5.41) is 25.0. The number of oxime groups is 1. The van der Waals surface area contributed by atoms with Crippen LogP contribution in [-0.2, 0) is 27.5 Å². The Morgan fingerprint density at radius 2 is 1.77 bits per heavy atom. The number of unbranched alkanes of at least 4 members (excludes halogenated alkanes) is 2. The van der Waals surface area contributed by atoms with E-state index in [1.807, 2.05) is 62.9 Å². The van der Waals surface area contributed by atoms with E-state index in [0.29, 0.717) is 43.3 Å². The quantitative estimate of drug-likeness (QED) is 0.0616. The van der Waals surface area contributed by atoms with Crippen LogP contribution in [0, 0.1) is 36.4 Å². The van der Waals surface area contributed by atoms with Gasteiger partial charge in [0.05, 0.1) is 23.9 Å². The highest BCUT2D eigenvalue weighted by Crippen LogP contribution is 2.62. The predicted molar refractivity (Wildman–Crippen MR) is 247 cm³/mol. The number of aliphatic hydroxyl groups excluding tert-OH is 2. The summed E-state index contributed by atoms with van der Waals surface area (Å²) in [6.45, 7) is 12.9. The standard InChI is InChI=1S/C53H70FN3O7/c1-6-30-62-53-48(57(34-38-20-23-40(54)24-21-38)49(60)27-22-37-15-7-8-16-37)33-46(56-64-52(3,4)5)44-31-39(17-9-11-28-58)43(19-10-12-29-59)50(51(44)53)45-32-42(25-26-47(45)63-53)61-35-41-18-13-14-36(2)55-41/h6,13-14,18,20-21,23-26,31-32,37,39,43,48,50-51,58-59H,1,7-12,15-17,19,22,27-30,33-35H2,2-5H3/t39-,43+,48-,50+,51+,53+/m0/s1. The normalized spacial score (nSPS) is 24.6. The van der Waals surface area contributed by atoms with Gasteiger partial charge in [-0.3, -0.25) is 9.78 Å². The van der Waals surface area contributed by atoms with E-state index in [4.69, 9.17) is 24.2 Å². The van der Waals surface area contributed by atoms with E-state index in [-0.39, 0.29) is 62.3 Å².